The Labute approximate surface area is 134 Å². The molecule has 2 aromatic rings. The summed E-state index contributed by atoms with van der Waals surface area (Å²) in [5.74, 6) is 0.0636. The summed E-state index contributed by atoms with van der Waals surface area (Å²) in [6.07, 6.45) is 0. The van der Waals surface area contributed by atoms with Gasteiger partial charge in [-0.3, -0.25) is 4.79 Å². The van der Waals surface area contributed by atoms with Crippen molar-refractivity contribution >= 4 is 17.5 Å². The Balaban J connectivity index is 1.93. The lowest BCUT2D eigenvalue weighted by molar-refractivity contribution is 0.0774. The van der Waals surface area contributed by atoms with Gasteiger partial charge in [0.1, 0.15) is 18.2 Å². The highest BCUT2D eigenvalue weighted by Gasteiger charge is 2.15. The molecule has 0 N–H and O–H groups in total. The molecule has 0 bridgehead atoms. The number of halogens is 2. The SMILES string of the molecule is Cc1ccccc1OCCN(C)C(=O)c1ccc(F)cc1Cl. The molecule has 0 aliphatic rings. The van der Waals surface area contributed by atoms with Gasteiger partial charge in [0, 0.05) is 7.05 Å². The first-order valence-corrected chi connectivity index (χ1v) is 7.26. The van der Waals surface area contributed by atoms with Gasteiger partial charge in [-0.15, -0.1) is 0 Å². The van der Waals surface area contributed by atoms with Gasteiger partial charge in [-0.2, -0.15) is 0 Å². The number of amides is 1. The van der Waals surface area contributed by atoms with E-state index in [1.54, 1.807) is 7.05 Å². The van der Waals surface area contributed by atoms with Crippen LogP contribution in [0, 0.1) is 12.7 Å². The van der Waals surface area contributed by atoms with E-state index < -0.39 is 5.82 Å². The molecule has 0 unspecified atom stereocenters. The Morgan fingerprint density at radius 1 is 1.27 bits per heavy atom. The van der Waals surface area contributed by atoms with Crippen LogP contribution in [-0.4, -0.2) is 31.0 Å². The van der Waals surface area contributed by atoms with Crippen LogP contribution in [0.3, 0.4) is 0 Å². The minimum atomic E-state index is -0.466. The second-order valence-corrected chi connectivity index (χ2v) is 5.37. The van der Waals surface area contributed by atoms with Gasteiger partial charge in [0.2, 0.25) is 0 Å². The van der Waals surface area contributed by atoms with Crippen LogP contribution < -0.4 is 4.74 Å². The number of rotatable bonds is 5. The van der Waals surface area contributed by atoms with E-state index in [0.717, 1.165) is 17.4 Å². The first kappa shape index (κ1) is 16.3. The van der Waals surface area contributed by atoms with Crippen molar-refractivity contribution in [2.24, 2.45) is 0 Å². The molecule has 3 nitrogen and oxygen atoms in total. The summed E-state index contributed by atoms with van der Waals surface area (Å²) < 4.78 is 18.7. The van der Waals surface area contributed by atoms with Crippen molar-refractivity contribution in [3.05, 3.63) is 64.4 Å². The topological polar surface area (TPSA) is 29.5 Å². The summed E-state index contributed by atoms with van der Waals surface area (Å²) in [5.41, 5.74) is 1.32. The summed E-state index contributed by atoms with van der Waals surface area (Å²) in [5, 5.41) is 0.108. The number of ether oxygens (including phenoxy) is 1. The van der Waals surface area contributed by atoms with Crippen LogP contribution in [-0.2, 0) is 0 Å². The fourth-order valence-electron chi connectivity index (χ4n) is 1.98. The van der Waals surface area contributed by atoms with Crippen molar-refractivity contribution in [3.8, 4) is 5.75 Å². The predicted molar refractivity (Wildman–Crippen MR) is 85.0 cm³/mol. The second-order valence-electron chi connectivity index (χ2n) is 4.96. The smallest absolute Gasteiger partial charge is 0.255 e. The summed E-state index contributed by atoms with van der Waals surface area (Å²) in [6, 6.07) is 11.4. The molecule has 0 heterocycles. The minimum absolute atomic E-state index is 0.108. The molecule has 0 spiro atoms. The van der Waals surface area contributed by atoms with Crippen LogP contribution in [0.5, 0.6) is 5.75 Å². The first-order chi connectivity index (χ1) is 10.5. The van der Waals surface area contributed by atoms with E-state index in [9.17, 15) is 9.18 Å². The van der Waals surface area contributed by atoms with E-state index in [1.807, 2.05) is 31.2 Å². The lowest BCUT2D eigenvalue weighted by atomic mass is 10.2. The van der Waals surface area contributed by atoms with Crippen LogP contribution in [0.15, 0.2) is 42.5 Å². The van der Waals surface area contributed by atoms with Gasteiger partial charge < -0.3 is 9.64 Å². The quantitative estimate of drug-likeness (QED) is 0.835. The number of carbonyl (C=O) groups excluding carboxylic acids is 1. The Bertz CT molecular complexity index is 675. The van der Waals surface area contributed by atoms with Gasteiger partial charge in [0.15, 0.2) is 0 Å². The number of para-hydroxylation sites is 1. The highest BCUT2D eigenvalue weighted by atomic mass is 35.5. The van der Waals surface area contributed by atoms with Crippen molar-refractivity contribution in [3.63, 3.8) is 0 Å². The Morgan fingerprint density at radius 2 is 2.00 bits per heavy atom. The Hall–Kier alpha value is -2.07. The number of nitrogens with zero attached hydrogens (tertiary/aromatic N) is 1. The van der Waals surface area contributed by atoms with Crippen LogP contribution >= 0.6 is 11.6 Å². The van der Waals surface area contributed by atoms with Crippen molar-refractivity contribution < 1.29 is 13.9 Å². The fraction of sp³-hybridized carbons (Fsp3) is 0.235. The molecule has 0 aromatic heterocycles. The van der Waals surface area contributed by atoms with Gasteiger partial charge in [-0.1, -0.05) is 29.8 Å². The van der Waals surface area contributed by atoms with Crippen molar-refractivity contribution in [1.29, 1.82) is 0 Å². The average molecular weight is 322 g/mol. The average Bonchev–Trinajstić information content (AvgIpc) is 2.48. The van der Waals surface area contributed by atoms with E-state index in [1.165, 1.54) is 17.0 Å². The van der Waals surface area contributed by atoms with E-state index in [-0.39, 0.29) is 16.5 Å². The van der Waals surface area contributed by atoms with Crippen molar-refractivity contribution in [2.45, 2.75) is 6.92 Å². The standard InChI is InChI=1S/C17H17ClFNO2/c1-12-5-3-4-6-16(12)22-10-9-20(2)17(21)14-8-7-13(19)11-15(14)18/h3-8,11H,9-10H2,1-2H3. The van der Waals surface area contributed by atoms with Crippen LogP contribution in [0.4, 0.5) is 4.39 Å². The largest absolute Gasteiger partial charge is 0.491 e. The molecular formula is C17H17ClFNO2. The highest BCUT2D eigenvalue weighted by Crippen LogP contribution is 2.19. The highest BCUT2D eigenvalue weighted by molar-refractivity contribution is 6.33. The maximum Gasteiger partial charge on any atom is 0.255 e. The fourth-order valence-corrected chi connectivity index (χ4v) is 2.23. The Morgan fingerprint density at radius 3 is 2.68 bits per heavy atom. The third-order valence-electron chi connectivity index (χ3n) is 3.29. The molecule has 0 saturated carbocycles. The number of aryl methyl sites for hydroxylation is 1. The van der Waals surface area contributed by atoms with Crippen LogP contribution in [0.2, 0.25) is 5.02 Å². The molecular weight excluding hydrogens is 305 g/mol. The van der Waals surface area contributed by atoms with Gasteiger partial charge in [-0.25, -0.2) is 4.39 Å². The molecule has 0 atom stereocenters. The lowest BCUT2D eigenvalue weighted by Crippen LogP contribution is -2.31. The number of carbonyl (C=O) groups is 1. The third kappa shape index (κ3) is 3.98. The van der Waals surface area contributed by atoms with Gasteiger partial charge in [-0.05, 0) is 36.8 Å². The molecule has 0 saturated heterocycles. The van der Waals surface area contributed by atoms with E-state index in [4.69, 9.17) is 16.3 Å². The van der Waals surface area contributed by atoms with Gasteiger partial charge in [0.05, 0.1) is 17.1 Å². The van der Waals surface area contributed by atoms with Gasteiger partial charge in [0.25, 0.3) is 5.91 Å². The van der Waals surface area contributed by atoms with Crippen LogP contribution in [0.1, 0.15) is 15.9 Å². The normalized spacial score (nSPS) is 10.4. The zero-order valence-electron chi connectivity index (χ0n) is 12.5. The molecule has 2 rings (SSSR count). The van der Waals surface area contributed by atoms with E-state index in [2.05, 4.69) is 0 Å². The van der Waals surface area contributed by atoms with Crippen LogP contribution in [0.25, 0.3) is 0 Å². The Kier molecular flexibility index (Phi) is 5.39. The molecule has 1 amide bonds. The number of likely N-dealkylation sites (N-methyl/N-ethyl adjacent to an activating group) is 1. The molecule has 0 radical (unpaired) electrons. The summed E-state index contributed by atoms with van der Waals surface area (Å²) >= 11 is 5.90. The molecule has 5 heteroatoms. The monoisotopic (exact) mass is 321 g/mol. The first-order valence-electron chi connectivity index (χ1n) is 6.88. The lowest BCUT2D eigenvalue weighted by Gasteiger charge is -2.18. The number of hydrogen-bond acceptors (Lipinski definition) is 2. The predicted octanol–water partition coefficient (Wildman–Crippen LogP) is 3.94. The van der Waals surface area contributed by atoms with Crippen molar-refractivity contribution in [1.82, 2.24) is 4.90 Å². The molecule has 0 fully saturated rings. The minimum Gasteiger partial charge on any atom is -0.491 e. The molecule has 2 aromatic carbocycles. The zero-order valence-corrected chi connectivity index (χ0v) is 13.2. The number of benzene rings is 2. The van der Waals surface area contributed by atoms with E-state index >= 15 is 0 Å². The summed E-state index contributed by atoms with van der Waals surface area (Å²) in [4.78, 5) is 13.7. The maximum absolute atomic E-state index is 13.0. The molecule has 22 heavy (non-hydrogen) atoms. The maximum atomic E-state index is 13.0. The molecule has 0 aliphatic carbocycles. The summed E-state index contributed by atoms with van der Waals surface area (Å²) in [7, 11) is 1.66. The van der Waals surface area contributed by atoms with Crippen molar-refractivity contribution in [2.75, 3.05) is 20.2 Å². The zero-order chi connectivity index (χ0) is 16.1. The summed E-state index contributed by atoms with van der Waals surface area (Å²) in [6.45, 7) is 2.73. The third-order valence-corrected chi connectivity index (χ3v) is 3.60. The molecule has 0 aliphatic heterocycles. The molecule has 116 valence electrons. The van der Waals surface area contributed by atoms with Gasteiger partial charge >= 0.3 is 0 Å². The van der Waals surface area contributed by atoms with E-state index in [0.29, 0.717) is 13.2 Å². The second kappa shape index (κ2) is 7.27. The number of hydrogen-bond donors (Lipinski definition) is 0.